The van der Waals surface area contributed by atoms with Crippen LogP contribution < -0.4 is 5.73 Å². The fourth-order valence-electron chi connectivity index (χ4n) is 0.877. The van der Waals surface area contributed by atoms with Gasteiger partial charge in [-0.3, -0.25) is 0 Å². The van der Waals surface area contributed by atoms with Crippen LogP contribution in [0.15, 0.2) is 16.5 Å². The monoisotopic (exact) mass is 151 g/mol. The maximum atomic E-state index is 12.7. The number of fused-ring (bicyclic) bond motifs is 1. The van der Waals surface area contributed by atoms with Crippen LogP contribution in [0.5, 0.6) is 0 Å². The van der Waals surface area contributed by atoms with E-state index in [9.17, 15) is 4.39 Å². The molecule has 0 aliphatic carbocycles. The smallest absolute Gasteiger partial charge is 0.284 e. The van der Waals surface area contributed by atoms with E-state index in [4.69, 9.17) is 10.2 Å². The van der Waals surface area contributed by atoms with Crippen molar-refractivity contribution in [3.05, 3.63) is 24.3 Å². The van der Waals surface area contributed by atoms with Crippen molar-refractivity contribution < 1.29 is 8.81 Å². The summed E-state index contributed by atoms with van der Waals surface area (Å²) in [5.74, 6) is -0.498. The zero-order chi connectivity index (χ0) is 7.84. The second kappa shape index (κ2) is 1.95. The van der Waals surface area contributed by atoms with Gasteiger partial charge in [0.25, 0.3) is 6.39 Å². The largest absolute Gasteiger partial charge is 0.430 e. The Bertz CT molecular complexity index is 396. The minimum atomic E-state index is -0.498. The number of nitrogens with two attached hydrogens (primary N) is 1. The highest BCUT2D eigenvalue weighted by Crippen LogP contribution is 2.21. The number of hydrogen-bond acceptors (Lipinski definition) is 3. The Hall–Kier alpha value is -1.58. The number of rotatable bonds is 0. The van der Waals surface area contributed by atoms with Gasteiger partial charge in [0.15, 0.2) is 5.58 Å². The lowest BCUT2D eigenvalue weighted by Gasteiger charge is -1.93. The summed E-state index contributed by atoms with van der Waals surface area (Å²) in [4.78, 5) is 3.68. The zero-order valence-corrected chi connectivity index (χ0v) is 5.47. The molecule has 4 heteroatoms. The number of benzene rings is 1. The molecule has 3 nitrogen and oxygen atoms in total. The van der Waals surface area contributed by atoms with Crippen molar-refractivity contribution in [1.82, 2.24) is 4.98 Å². The first-order chi connectivity index (χ1) is 5.29. The van der Waals surface area contributed by atoms with Gasteiger partial charge in [0.1, 0.15) is 17.0 Å². The molecular weight excluding hydrogens is 147 g/mol. The lowest BCUT2D eigenvalue weighted by molar-refractivity contribution is 0.585. The van der Waals surface area contributed by atoms with E-state index in [0.717, 1.165) is 0 Å². The average molecular weight is 151 g/mol. The van der Waals surface area contributed by atoms with Gasteiger partial charge in [-0.05, 0) is 12.1 Å². The third-order valence-electron chi connectivity index (χ3n) is 1.44. The highest BCUT2D eigenvalue weighted by molar-refractivity contribution is 5.84. The first kappa shape index (κ1) is 6.15. The van der Waals surface area contributed by atoms with Crippen LogP contribution in [-0.4, -0.2) is 4.98 Å². The van der Waals surface area contributed by atoms with E-state index in [1.165, 1.54) is 12.1 Å². The molecule has 0 atom stereocenters. The van der Waals surface area contributed by atoms with E-state index >= 15 is 0 Å². The van der Waals surface area contributed by atoms with Gasteiger partial charge in [0.05, 0.1) is 0 Å². The summed E-state index contributed by atoms with van der Waals surface area (Å²) < 4.78 is 17.4. The normalized spacial score (nSPS) is 10.6. The van der Waals surface area contributed by atoms with Crippen LogP contribution in [0.25, 0.3) is 11.1 Å². The molecule has 0 aliphatic heterocycles. The van der Waals surface area contributed by atoms with Crippen molar-refractivity contribution in [2.24, 2.45) is 0 Å². The number of halogens is 1. The SMILES string of the molecule is Nc1c(F)ccc2n[c]oc12. The number of nitrogen functional groups attached to an aromatic ring is 1. The third-order valence-corrected chi connectivity index (χ3v) is 1.44. The van der Waals surface area contributed by atoms with Gasteiger partial charge in [-0.1, -0.05) is 0 Å². The van der Waals surface area contributed by atoms with E-state index in [1.54, 1.807) is 0 Å². The second-order valence-corrected chi connectivity index (χ2v) is 2.11. The van der Waals surface area contributed by atoms with Gasteiger partial charge < -0.3 is 10.2 Å². The summed E-state index contributed by atoms with van der Waals surface area (Å²) in [6.45, 7) is 0. The maximum absolute atomic E-state index is 12.7. The van der Waals surface area contributed by atoms with Crippen molar-refractivity contribution in [1.29, 1.82) is 0 Å². The van der Waals surface area contributed by atoms with Crippen molar-refractivity contribution in [2.45, 2.75) is 0 Å². The fourth-order valence-corrected chi connectivity index (χ4v) is 0.877. The topological polar surface area (TPSA) is 52.0 Å². The van der Waals surface area contributed by atoms with Crippen LogP contribution in [-0.2, 0) is 0 Å². The van der Waals surface area contributed by atoms with Crippen molar-refractivity contribution in [3.63, 3.8) is 0 Å². The highest BCUT2D eigenvalue weighted by Gasteiger charge is 2.06. The molecule has 1 aromatic carbocycles. The summed E-state index contributed by atoms with van der Waals surface area (Å²) >= 11 is 0. The maximum Gasteiger partial charge on any atom is 0.284 e. The van der Waals surface area contributed by atoms with Gasteiger partial charge in [0.2, 0.25) is 0 Å². The van der Waals surface area contributed by atoms with Crippen LogP contribution in [0, 0.1) is 12.2 Å². The molecule has 0 fully saturated rings. The quantitative estimate of drug-likeness (QED) is 0.578. The molecule has 0 aliphatic rings. The molecule has 0 saturated carbocycles. The van der Waals surface area contributed by atoms with E-state index in [2.05, 4.69) is 11.4 Å². The molecule has 0 bridgehead atoms. The van der Waals surface area contributed by atoms with Crippen molar-refractivity contribution >= 4 is 16.8 Å². The molecular formula is C7H4FN2O. The van der Waals surface area contributed by atoms with E-state index in [-0.39, 0.29) is 11.3 Å². The minimum Gasteiger partial charge on any atom is -0.430 e. The Balaban J connectivity index is 2.93. The van der Waals surface area contributed by atoms with E-state index in [1.807, 2.05) is 0 Å². The fraction of sp³-hybridized carbons (Fsp3) is 0. The average Bonchev–Trinajstić information content (AvgIpc) is 2.45. The molecule has 1 radical (unpaired) electrons. The molecule has 0 spiro atoms. The summed E-state index contributed by atoms with van der Waals surface area (Å²) in [5, 5.41) is 0. The predicted octanol–water partition coefficient (Wildman–Crippen LogP) is 1.35. The molecule has 11 heavy (non-hydrogen) atoms. The van der Waals surface area contributed by atoms with E-state index < -0.39 is 5.82 Å². The van der Waals surface area contributed by atoms with Crippen LogP contribution >= 0.6 is 0 Å². The number of anilines is 1. The second-order valence-electron chi connectivity index (χ2n) is 2.11. The van der Waals surface area contributed by atoms with E-state index in [0.29, 0.717) is 5.52 Å². The summed E-state index contributed by atoms with van der Waals surface area (Å²) in [7, 11) is 0. The first-order valence-electron chi connectivity index (χ1n) is 2.99. The lowest BCUT2D eigenvalue weighted by atomic mass is 10.3. The molecule has 0 amide bonds. The summed E-state index contributed by atoms with van der Waals surface area (Å²) in [6, 6.07) is 2.73. The summed E-state index contributed by atoms with van der Waals surface area (Å²) in [6.07, 6.45) is 2.23. The Labute approximate surface area is 61.6 Å². The lowest BCUT2D eigenvalue weighted by Crippen LogP contribution is -1.89. The molecule has 0 unspecified atom stereocenters. The van der Waals surface area contributed by atoms with Crippen molar-refractivity contribution in [2.75, 3.05) is 5.73 Å². The molecule has 1 heterocycles. The number of aromatic nitrogens is 1. The molecule has 2 N–H and O–H groups in total. The Morgan fingerprint density at radius 1 is 1.55 bits per heavy atom. The Kier molecular flexibility index (Phi) is 1.09. The predicted molar refractivity (Wildman–Crippen MR) is 37.2 cm³/mol. The van der Waals surface area contributed by atoms with Gasteiger partial charge in [-0.15, -0.1) is 0 Å². The van der Waals surface area contributed by atoms with Gasteiger partial charge in [-0.2, -0.15) is 0 Å². The Morgan fingerprint density at radius 2 is 2.36 bits per heavy atom. The van der Waals surface area contributed by atoms with Gasteiger partial charge in [-0.25, -0.2) is 9.37 Å². The van der Waals surface area contributed by atoms with Crippen molar-refractivity contribution in [3.8, 4) is 0 Å². The molecule has 55 valence electrons. The van der Waals surface area contributed by atoms with Crippen LogP contribution in [0.3, 0.4) is 0 Å². The first-order valence-corrected chi connectivity index (χ1v) is 2.99. The third kappa shape index (κ3) is 0.756. The van der Waals surface area contributed by atoms with Crippen LogP contribution in [0.2, 0.25) is 0 Å². The van der Waals surface area contributed by atoms with Crippen LogP contribution in [0.1, 0.15) is 0 Å². The van der Waals surface area contributed by atoms with Gasteiger partial charge in [0, 0.05) is 0 Å². The molecule has 0 saturated heterocycles. The standard InChI is InChI=1S/C7H4FN2O/c8-4-1-2-5-7(6(4)9)11-3-10-5/h1-2H,9H2. The zero-order valence-electron chi connectivity index (χ0n) is 5.47. The number of oxazole rings is 1. The number of nitrogens with zero attached hydrogens (tertiary/aromatic N) is 1. The highest BCUT2D eigenvalue weighted by atomic mass is 19.1. The minimum absolute atomic E-state index is 0.0174. The van der Waals surface area contributed by atoms with Crippen LogP contribution in [0.4, 0.5) is 10.1 Å². The van der Waals surface area contributed by atoms with Gasteiger partial charge >= 0.3 is 0 Å². The molecule has 1 aromatic heterocycles. The number of hydrogen-bond donors (Lipinski definition) is 1. The molecule has 2 rings (SSSR count). The Morgan fingerprint density at radius 3 is 3.18 bits per heavy atom. The molecule has 2 aromatic rings. The summed E-state index contributed by atoms with van der Waals surface area (Å²) in [5.41, 5.74) is 6.09.